The first-order valence-corrected chi connectivity index (χ1v) is 12.7. The van der Waals surface area contributed by atoms with Gasteiger partial charge in [0.25, 0.3) is 0 Å². The highest BCUT2D eigenvalue weighted by atomic mass is 16.5. The van der Waals surface area contributed by atoms with Crippen LogP contribution in [-0.4, -0.2) is 65.5 Å². The monoisotopic (exact) mass is 522 g/mol. The van der Waals surface area contributed by atoms with E-state index in [9.17, 15) is 0 Å². The van der Waals surface area contributed by atoms with Crippen molar-refractivity contribution in [1.29, 1.82) is 0 Å². The summed E-state index contributed by atoms with van der Waals surface area (Å²) in [5, 5.41) is 0. The number of hydrogen-bond acceptors (Lipinski definition) is 8. The van der Waals surface area contributed by atoms with Gasteiger partial charge >= 0.3 is 0 Å². The second-order valence-corrected chi connectivity index (χ2v) is 9.13. The fourth-order valence-corrected chi connectivity index (χ4v) is 5.12. The summed E-state index contributed by atoms with van der Waals surface area (Å²) < 4.78 is 33.8. The minimum Gasteiger partial charge on any atom is -0.497 e. The van der Waals surface area contributed by atoms with Crippen LogP contribution in [0.4, 0.5) is 0 Å². The summed E-state index contributed by atoms with van der Waals surface area (Å²) in [6, 6.07) is 17.9. The third-order valence-corrected chi connectivity index (χ3v) is 7.03. The molecule has 0 saturated carbocycles. The summed E-state index contributed by atoms with van der Waals surface area (Å²) in [6.07, 6.45) is 0.937. The molecule has 0 atom stereocenters. The molecule has 0 aromatic heterocycles. The third kappa shape index (κ3) is 5.92. The Balaban J connectivity index is 1.76. The smallest absolute Gasteiger partial charge is 0.127 e. The van der Waals surface area contributed by atoms with Crippen molar-refractivity contribution in [2.45, 2.75) is 25.7 Å². The van der Waals surface area contributed by atoms with Crippen LogP contribution >= 0.6 is 0 Å². The average molecular weight is 523 g/mol. The molecular weight excluding hydrogens is 484 g/mol. The SMILES string of the molecule is COc1ccc(CN2CCCN(Cc3ccc(OC)cc3OC)C2c2cc(OC)ccc2OC)c(OC)c1. The van der Waals surface area contributed by atoms with E-state index in [1.54, 1.807) is 42.7 Å². The minimum atomic E-state index is -0.0765. The van der Waals surface area contributed by atoms with Crippen LogP contribution in [0.5, 0.6) is 34.5 Å². The number of methoxy groups -OCH3 is 6. The van der Waals surface area contributed by atoms with Gasteiger partial charge in [0.15, 0.2) is 0 Å². The average Bonchev–Trinajstić information content (AvgIpc) is 2.97. The van der Waals surface area contributed by atoms with Crippen LogP contribution in [0.1, 0.15) is 29.3 Å². The van der Waals surface area contributed by atoms with Gasteiger partial charge in [-0.1, -0.05) is 12.1 Å². The van der Waals surface area contributed by atoms with Crippen LogP contribution in [0, 0.1) is 0 Å². The molecule has 1 saturated heterocycles. The molecule has 38 heavy (non-hydrogen) atoms. The predicted molar refractivity (Wildman–Crippen MR) is 147 cm³/mol. The third-order valence-electron chi connectivity index (χ3n) is 7.03. The maximum atomic E-state index is 5.85. The first-order valence-electron chi connectivity index (χ1n) is 12.7. The summed E-state index contributed by atoms with van der Waals surface area (Å²) in [4.78, 5) is 4.92. The normalized spacial score (nSPS) is 14.7. The van der Waals surface area contributed by atoms with E-state index in [-0.39, 0.29) is 6.17 Å². The number of benzene rings is 3. The lowest BCUT2D eigenvalue weighted by Crippen LogP contribution is -2.47. The van der Waals surface area contributed by atoms with Crippen LogP contribution < -0.4 is 28.4 Å². The Morgan fingerprint density at radius 2 is 1.00 bits per heavy atom. The van der Waals surface area contributed by atoms with E-state index in [1.807, 2.05) is 36.4 Å². The maximum absolute atomic E-state index is 5.85. The first kappa shape index (κ1) is 27.4. The van der Waals surface area contributed by atoms with E-state index < -0.39 is 0 Å². The number of nitrogens with zero attached hydrogens (tertiary/aromatic N) is 2. The molecular formula is C30H38N2O6. The van der Waals surface area contributed by atoms with Crippen molar-refractivity contribution in [3.63, 3.8) is 0 Å². The predicted octanol–water partition coefficient (Wildman–Crippen LogP) is 5.14. The number of ether oxygens (including phenoxy) is 6. The summed E-state index contributed by atoms with van der Waals surface area (Å²) in [6.45, 7) is 3.20. The molecule has 1 aliphatic heterocycles. The van der Waals surface area contributed by atoms with Crippen molar-refractivity contribution in [3.8, 4) is 34.5 Å². The largest absolute Gasteiger partial charge is 0.497 e. The van der Waals surface area contributed by atoms with Crippen LogP contribution in [-0.2, 0) is 13.1 Å². The van der Waals surface area contributed by atoms with E-state index in [0.29, 0.717) is 13.1 Å². The minimum absolute atomic E-state index is 0.0765. The van der Waals surface area contributed by atoms with Crippen molar-refractivity contribution in [2.24, 2.45) is 0 Å². The second kappa shape index (κ2) is 12.8. The number of rotatable bonds is 11. The first-order chi connectivity index (χ1) is 18.5. The molecule has 4 rings (SSSR count). The van der Waals surface area contributed by atoms with Gasteiger partial charge in [0.2, 0.25) is 0 Å². The molecule has 0 bridgehead atoms. The fourth-order valence-electron chi connectivity index (χ4n) is 5.12. The molecule has 0 radical (unpaired) electrons. The van der Waals surface area contributed by atoms with Crippen molar-refractivity contribution in [1.82, 2.24) is 9.80 Å². The van der Waals surface area contributed by atoms with E-state index in [1.165, 1.54) is 0 Å². The highest BCUT2D eigenvalue weighted by Gasteiger charge is 2.34. The van der Waals surface area contributed by atoms with Crippen molar-refractivity contribution in [3.05, 3.63) is 71.3 Å². The van der Waals surface area contributed by atoms with Crippen LogP contribution in [0.2, 0.25) is 0 Å². The Hall–Kier alpha value is -3.62. The zero-order valence-corrected chi connectivity index (χ0v) is 23.2. The molecule has 0 unspecified atom stereocenters. The Labute approximate surface area is 225 Å². The summed E-state index contributed by atoms with van der Waals surface area (Å²) >= 11 is 0. The molecule has 1 aliphatic rings. The molecule has 0 spiro atoms. The Bertz CT molecular complexity index is 1150. The van der Waals surface area contributed by atoms with Crippen molar-refractivity contribution < 1.29 is 28.4 Å². The summed E-state index contributed by atoms with van der Waals surface area (Å²) in [7, 11) is 10.1. The zero-order valence-electron chi connectivity index (χ0n) is 23.2. The van der Waals surface area contributed by atoms with Crippen molar-refractivity contribution in [2.75, 3.05) is 55.7 Å². The van der Waals surface area contributed by atoms with Crippen LogP contribution in [0.15, 0.2) is 54.6 Å². The van der Waals surface area contributed by atoms with Gasteiger partial charge < -0.3 is 28.4 Å². The maximum Gasteiger partial charge on any atom is 0.127 e. The lowest BCUT2D eigenvalue weighted by Gasteiger charge is -2.45. The fraction of sp³-hybridized carbons (Fsp3) is 0.400. The summed E-state index contributed by atoms with van der Waals surface area (Å²) in [5.41, 5.74) is 3.22. The Morgan fingerprint density at radius 3 is 1.45 bits per heavy atom. The van der Waals surface area contributed by atoms with Crippen LogP contribution in [0.25, 0.3) is 0 Å². The van der Waals surface area contributed by atoms with Gasteiger partial charge in [0.05, 0.1) is 48.8 Å². The quantitative estimate of drug-likeness (QED) is 0.343. The molecule has 0 amide bonds. The molecule has 1 fully saturated rings. The van der Waals surface area contributed by atoms with Crippen LogP contribution in [0.3, 0.4) is 0 Å². The standard InChI is InChI=1S/C30H38N2O6/c1-33-23-12-13-27(36-4)26(16-23)30-31(19-21-8-10-24(34-2)17-28(21)37-5)14-7-15-32(30)20-22-9-11-25(35-3)18-29(22)38-6/h8-13,16-18,30H,7,14-15,19-20H2,1-6H3. The van der Waals surface area contributed by atoms with Gasteiger partial charge in [0.1, 0.15) is 34.5 Å². The molecule has 8 heteroatoms. The van der Waals surface area contributed by atoms with E-state index >= 15 is 0 Å². The lowest BCUT2D eigenvalue weighted by molar-refractivity contribution is -0.0111. The van der Waals surface area contributed by atoms with Gasteiger partial charge in [-0.25, -0.2) is 0 Å². The Morgan fingerprint density at radius 1 is 0.553 bits per heavy atom. The number of hydrogen-bond donors (Lipinski definition) is 0. The molecule has 1 heterocycles. The van der Waals surface area contributed by atoms with Gasteiger partial charge in [-0.3, -0.25) is 9.80 Å². The second-order valence-electron chi connectivity index (χ2n) is 9.13. The molecule has 3 aromatic carbocycles. The lowest BCUT2D eigenvalue weighted by atomic mass is 10.0. The van der Waals surface area contributed by atoms with E-state index in [0.717, 1.165) is 70.7 Å². The topological polar surface area (TPSA) is 61.9 Å². The molecule has 0 aliphatic carbocycles. The summed E-state index contributed by atoms with van der Waals surface area (Å²) in [5.74, 6) is 4.74. The van der Waals surface area contributed by atoms with E-state index in [4.69, 9.17) is 28.4 Å². The van der Waals surface area contributed by atoms with Crippen molar-refractivity contribution >= 4 is 0 Å². The molecule has 204 valence electrons. The van der Waals surface area contributed by atoms with Gasteiger partial charge in [0, 0.05) is 55.0 Å². The van der Waals surface area contributed by atoms with Gasteiger partial charge in [-0.15, -0.1) is 0 Å². The van der Waals surface area contributed by atoms with Gasteiger partial charge in [-0.2, -0.15) is 0 Å². The Kier molecular flexibility index (Phi) is 9.20. The highest BCUT2D eigenvalue weighted by Crippen LogP contribution is 2.40. The zero-order chi connectivity index (χ0) is 27.1. The molecule has 0 N–H and O–H groups in total. The van der Waals surface area contributed by atoms with E-state index in [2.05, 4.69) is 28.0 Å². The molecule has 8 nitrogen and oxygen atoms in total. The highest BCUT2D eigenvalue weighted by molar-refractivity contribution is 5.45. The van der Waals surface area contributed by atoms with Gasteiger partial charge in [-0.05, 0) is 36.8 Å². The molecule has 3 aromatic rings.